The van der Waals surface area contributed by atoms with Crippen LogP contribution >= 0.6 is 0 Å². The molecule has 0 aromatic rings. The number of carbonyl (C=O) groups excluding carboxylic acids is 2. The molecule has 24 N–H and O–H groups in total. The fraction of sp³-hybridized carbons (Fsp3) is 0.962. The Morgan fingerprint density at radius 1 is 0.301 bits per heavy atom. The van der Waals surface area contributed by atoms with Crippen LogP contribution in [0.5, 0.6) is 0 Å². The molecule has 0 unspecified atom stereocenters. The summed E-state index contributed by atoms with van der Waals surface area (Å²) in [5.74, 6) is -1.79. The molecule has 0 bridgehead atoms. The summed E-state index contributed by atoms with van der Waals surface area (Å²) < 4.78 is 87.4. The van der Waals surface area contributed by atoms with Crippen LogP contribution in [0, 0.1) is 0 Å². The van der Waals surface area contributed by atoms with E-state index >= 15 is 0 Å². The Morgan fingerprint density at radius 2 is 0.634 bits per heavy atom. The van der Waals surface area contributed by atoms with Crippen molar-refractivity contribution in [3.05, 3.63) is 0 Å². The Morgan fingerprint density at radius 3 is 1.13 bits per heavy atom. The number of carbonyl (C=O) groups is 2. The molecule has 0 aliphatic carbocycles. The van der Waals surface area contributed by atoms with Crippen LogP contribution in [0.1, 0.15) is 27.7 Å². The van der Waals surface area contributed by atoms with Crippen molar-refractivity contribution in [2.24, 2.45) is 0 Å². The second kappa shape index (κ2) is 32.6. The Kier molecular flexibility index (Phi) is 26.7. The normalized spacial score (nSPS) is 51.6. The topological polar surface area (TPSA) is 642 Å². The van der Waals surface area contributed by atoms with Gasteiger partial charge in [0, 0.05) is 13.8 Å². The molecule has 0 aromatic carbocycles. The summed E-state index contributed by atoms with van der Waals surface area (Å²) in [6, 6.07) is -3.72. The van der Waals surface area contributed by atoms with E-state index in [1.807, 2.05) is 0 Å². The number of hydrogen-bond donors (Lipinski definition) is 24. The fourth-order valence-corrected chi connectivity index (χ4v) is 11.9. The van der Waals surface area contributed by atoms with E-state index in [4.69, 9.17) is 71.1 Å². The van der Waals surface area contributed by atoms with Crippen LogP contribution in [-0.2, 0) is 80.6 Å². The van der Waals surface area contributed by atoms with E-state index < -0.39 is 297 Å². The second-order valence-corrected chi connectivity index (χ2v) is 23.9. The van der Waals surface area contributed by atoms with Gasteiger partial charge in [-0.05, 0) is 13.8 Å². The summed E-state index contributed by atoms with van der Waals surface area (Å²) in [6.07, 6.45) is -73.0. The fourth-order valence-electron chi connectivity index (χ4n) is 11.9. The highest BCUT2D eigenvalue weighted by molar-refractivity contribution is 5.73. The second-order valence-electron chi connectivity index (χ2n) is 23.9. The van der Waals surface area contributed by atoms with Gasteiger partial charge < -0.3 is 194 Å². The molecule has 8 aliphatic heterocycles. The number of aliphatic hydroxyl groups is 22. The molecule has 41 nitrogen and oxygen atoms in total. The molecule has 2 amide bonds. The summed E-state index contributed by atoms with van der Waals surface area (Å²) >= 11 is 0. The average Bonchev–Trinajstić information content (AvgIpc) is 0.814. The SMILES string of the molecule is CC(=O)N[C@@H]1[C@@H](O[C@@H]2O[C@@H](C)[C@@H](O)[C@@H](O)[C@@H]2O)[C@H](O[C@@H]2O[C@H](CO)[C@@H](O[C@@H]3O[C@H](CO[C@H]4O[C@H](CO[C@H]5O[C@H](CO)[C@@H](O)[C@H](O)[C@@H]5O)[C@@H](O)[C@H](O)[C@@H]4O)[C@@H](O)[C@H](O[C@H]4O[C@H](CO)[C@@H](O)[C@H](O)[C@@H]4O)[C@@H]3O)[C@H](O)[C@H]2NC(C)=O)[C@@H](CO[C@@H]2O[C@@H](C)[C@@H](O)[C@@H](O)[C@@H]2O)O[C@H]1O. The van der Waals surface area contributed by atoms with Gasteiger partial charge in [-0.3, -0.25) is 9.59 Å². The maximum absolute atomic E-state index is 13.1. The van der Waals surface area contributed by atoms with Crippen molar-refractivity contribution in [2.75, 3.05) is 39.6 Å². The van der Waals surface area contributed by atoms with Crippen LogP contribution in [0.2, 0.25) is 0 Å². The van der Waals surface area contributed by atoms with Gasteiger partial charge in [-0.15, -0.1) is 0 Å². The van der Waals surface area contributed by atoms with Crippen LogP contribution in [0.25, 0.3) is 0 Å². The first kappa shape index (κ1) is 76.2. The first-order valence-corrected chi connectivity index (χ1v) is 29.8. The lowest BCUT2D eigenvalue weighted by Crippen LogP contribution is -2.71. The Hall–Kier alpha value is -2.54. The minimum Gasteiger partial charge on any atom is -0.394 e. The van der Waals surface area contributed by atoms with Crippen LogP contribution in [-0.4, -0.2) is 409 Å². The summed E-state index contributed by atoms with van der Waals surface area (Å²) in [7, 11) is 0. The third kappa shape index (κ3) is 16.7. The Labute approximate surface area is 527 Å². The highest BCUT2D eigenvalue weighted by Crippen LogP contribution is 2.38. The smallest absolute Gasteiger partial charge is 0.217 e. The molecule has 8 fully saturated rings. The first-order chi connectivity index (χ1) is 43.8. The minimum atomic E-state index is -2.37. The molecule has 0 aromatic heterocycles. The predicted molar refractivity (Wildman–Crippen MR) is 285 cm³/mol. The zero-order valence-electron chi connectivity index (χ0n) is 50.1. The van der Waals surface area contributed by atoms with Gasteiger partial charge in [0.1, 0.15) is 183 Å². The highest BCUT2D eigenvalue weighted by Gasteiger charge is 2.59. The zero-order chi connectivity index (χ0) is 68.5. The maximum Gasteiger partial charge on any atom is 0.217 e. The standard InChI is InChI=1S/C52H88N2O39/c1-11-23(60)30(67)35(72)47(82-11)81-10-20-42(43(22(45(78)84-20)54-14(4)59)92-50-38(75)31(68)24(61)12(2)83-50)91-46-21(53-13(3)58)29(66)41(17(7-57)87-46)90-52-40(77)44(93-51-39(76)33(70)26(63)16(6-56)86-51)28(65)19(89-52)9-80-49-37(74)34(71)27(64)18(88-49)8-79-48-36(73)32(69)25(62)15(5-55)85-48/h11-12,15-52,55-57,60-78H,5-10H2,1-4H3,(H,53,58)(H,54,59)/t11-,12-,15+,16+,17+,18+,19+,20+,21+,22+,23+,24+,25+,26+,27+,28+,29+,30+,31+,32-,33-,34-,35-,36-,37-,38-,39-,40-,41+,42+,43+,44-,45+,46-,47+,48-,49-,50-,51+,52-/m0/s1. The Bertz CT molecular complexity index is 2350. The molecular formula is C52H88N2O39. The van der Waals surface area contributed by atoms with Crippen molar-refractivity contribution in [1.82, 2.24) is 10.6 Å². The van der Waals surface area contributed by atoms with Gasteiger partial charge in [0.25, 0.3) is 0 Å². The molecule has 8 heterocycles. The predicted octanol–water partition coefficient (Wildman–Crippen LogP) is -16.1. The molecule has 540 valence electrons. The molecule has 8 saturated heterocycles. The van der Waals surface area contributed by atoms with Crippen molar-refractivity contribution in [2.45, 2.75) is 273 Å². The van der Waals surface area contributed by atoms with E-state index in [0.29, 0.717) is 0 Å². The largest absolute Gasteiger partial charge is 0.394 e. The van der Waals surface area contributed by atoms with E-state index in [9.17, 15) is 122 Å². The number of rotatable bonds is 22. The monoisotopic (exact) mass is 1360 g/mol. The molecule has 0 spiro atoms. The first-order valence-electron chi connectivity index (χ1n) is 29.8. The third-order valence-corrected chi connectivity index (χ3v) is 17.3. The van der Waals surface area contributed by atoms with Gasteiger partial charge in [0.05, 0.1) is 51.8 Å². The van der Waals surface area contributed by atoms with Gasteiger partial charge in [-0.2, -0.15) is 0 Å². The van der Waals surface area contributed by atoms with E-state index in [2.05, 4.69) is 10.6 Å². The number of ether oxygens (including phenoxy) is 15. The van der Waals surface area contributed by atoms with Gasteiger partial charge in [-0.25, -0.2) is 0 Å². The van der Waals surface area contributed by atoms with Crippen molar-refractivity contribution in [3.63, 3.8) is 0 Å². The molecule has 41 heteroatoms. The van der Waals surface area contributed by atoms with E-state index in [-0.39, 0.29) is 0 Å². The van der Waals surface area contributed by atoms with Crippen LogP contribution < -0.4 is 10.6 Å². The van der Waals surface area contributed by atoms with Gasteiger partial charge >= 0.3 is 0 Å². The van der Waals surface area contributed by atoms with Crippen LogP contribution in [0.15, 0.2) is 0 Å². The maximum atomic E-state index is 13.1. The van der Waals surface area contributed by atoms with Crippen molar-refractivity contribution in [3.8, 4) is 0 Å². The van der Waals surface area contributed by atoms with Crippen molar-refractivity contribution in [1.29, 1.82) is 0 Å². The molecule has 8 rings (SSSR count). The molecular weight excluding hydrogens is 1280 g/mol. The van der Waals surface area contributed by atoms with Crippen molar-refractivity contribution >= 4 is 11.8 Å². The number of aliphatic hydroxyl groups excluding tert-OH is 22. The van der Waals surface area contributed by atoms with Gasteiger partial charge in [-0.1, -0.05) is 0 Å². The lowest BCUT2D eigenvalue weighted by atomic mass is 9.93. The minimum absolute atomic E-state index is 0.816. The molecule has 8 aliphatic rings. The summed E-state index contributed by atoms with van der Waals surface area (Å²) in [6.45, 7) is -1.12. The van der Waals surface area contributed by atoms with E-state index in [1.165, 1.54) is 13.8 Å². The average molecular weight is 1370 g/mol. The quantitative estimate of drug-likeness (QED) is 0.0479. The summed E-state index contributed by atoms with van der Waals surface area (Å²) in [5, 5.41) is 243. The summed E-state index contributed by atoms with van der Waals surface area (Å²) in [4.78, 5) is 25.9. The third-order valence-electron chi connectivity index (χ3n) is 17.3. The lowest BCUT2D eigenvalue weighted by Gasteiger charge is -2.51. The van der Waals surface area contributed by atoms with Crippen molar-refractivity contribution < 1.29 is 193 Å². The van der Waals surface area contributed by atoms with E-state index in [0.717, 1.165) is 13.8 Å². The molecule has 40 atom stereocenters. The molecule has 93 heavy (non-hydrogen) atoms. The molecule has 0 radical (unpaired) electrons. The van der Waals surface area contributed by atoms with Gasteiger partial charge in [0.15, 0.2) is 50.3 Å². The van der Waals surface area contributed by atoms with Crippen LogP contribution in [0.3, 0.4) is 0 Å². The van der Waals surface area contributed by atoms with Gasteiger partial charge in [0.2, 0.25) is 11.8 Å². The number of amides is 2. The highest BCUT2D eigenvalue weighted by atomic mass is 16.8. The summed E-state index contributed by atoms with van der Waals surface area (Å²) in [5.41, 5.74) is 0. The van der Waals surface area contributed by atoms with Crippen LogP contribution in [0.4, 0.5) is 0 Å². The number of nitrogens with one attached hydrogen (secondary N) is 2. The number of hydrogen-bond acceptors (Lipinski definition) is 39. The lowest BCUT2D eigenvalue weighted by molar-refractivity contribution is -0.388. The van der Waals surface area contributed by atoms with E-state index in [1.54, 1.807) is 0 Å². The Balaban J connectivity index is 1.08. The molecule has 0 saturated carbocycles. The zero-order valence-corrected chi connectivity index (χ0v) is 50.1.